The van der Waals surface area contributed by atoms with Gasteiger partial charge in [-0.05, 0) is 126 Å². The zero-order valence-electron chi connectivity index (χ0n) is 31.5. The van der Waals surface area contributed by atoms with Crippen molar-refractivity contribution in [3.63, 3.8) is 0 Å². The Balaban J connectivity index is 1.12. The first-order chi connectivity index (χ1) is 27.2. The molecule has 0 saturated heterocycles. The summed E-state index contributed by atoms with van der Waals surface area (Å²) in [6, 6.07) is 46.0. The molecular formula is C50H42N2O4. The fraction of sp³-hybridized carbons (Fsp3) is 0.0400. The van der Waals surface area contributed by atoms with Crippen LogP contribution in [0.3, 0.4) is 0 Å². The minimum absolute atomic E-state index is 0.447. The van der Waals surface area contributed by atoms with Crippen molar-refractivity contribution in [1.82, 2.24) is 0 Å². The largest absolute Gasteiger partial charge is 0.423 e. The number of carbonyl (C=O) groups excluding carboxylic acids is 2. The first kappa shape index (κ1) is 38.3. The second kappa shape index (κ2) is 18.1. The van der Waals surface area contributed by atoms with Crippen LogP contribution in [0, 0.1) is 13.8 Å². The predicted octanol–water partition coefficient (Wildman–Crippen LogP) is 12.6. The highest BCUT2D eigenvalue weighted by molar-refractivity contribution is 5.85. The summed E-state index contributed by atoms with van der Waals surface area (Å²) in [5.41, 5.74) is 11.9. The van der Waals surface area contributed by atoms with Crippen LogP contribution in [0.2, 0.25) is 0 Å². The van der Waals surface area contributed by atoms with Crippen LogP contribution in [0.1, 0.15) is 38.9 Å². The summed E-state index contributed by atoms with van der Waals surface area (Å²) < 4.78 is 5.28. The van der Waals surface area contributed by atoms with Crippen molar-refractivity contribution < 1.29 is 19.2 Å². The average Bonchev–Trinajstić information content (AvgIpc) is 3.24. The highest BCUT2D eigenvalue weighted by Gasteiger charge is 2.15. The molecule has 0 aliphatic heterocycles. The molecule has 6 rings (SSSR count). The van der Waals surface area contributed by atoms with E-state index in [-0.39, 0.29) is 0 Å². The molecule has 0 aliphatic carbocycles. The molecule has 6 aromatic rings. The molecule has 0 bridgehead atoms. The van der Waals surface area contributed by atoms with E-state index >= 15 is 0 Å². The second-order valence-corrected chi connectivity index (χ2v) is 12.9. The molecule has 0 heterocycles. The number of aryl methyl sites for hydroxylation is 2. The zero-order chi connectivity index (χ0) is 39.4. The van der Waals surface area contributed by atoms with Crippen LogP contribution in [-0.4, -0.2) is 11.9 Å². The summed E-state index contributed by atoms with van der Waals surface area (Å²) in [5, 5.41) is 1.52. The Morgan fingerprint density at radius 3 is 1.29 bits per heavy atom. The van der Waals surface area contributed by atoms with Gasteiger partial charge in [-0.25, -0.2) is 9.59 Å². The van der Waals surface area contributed by atoms with Crippen LogP contribution in [0.5, 0.6) is 5.75 Å². The number of benzene rings is 6. The Bertz CT molecular complexity index is 2390. The van der Waals surface area contributed by atoms with E-state index in [1.165, 1.54) is 5.06 Å². The van der Waals surface area contributed by atoms with Gasteiger partial charge in [-0.3, -0.25) is 0 Å². The topological polar surface area (TPSA) is 59.1 Å². The van der Waals surface area contributed by atoms with Crippen LogP contribution in [0.15, 0.2) is 171 Å². The Morgan fingerprint density at radius 2 is 0.857 bits per heavy atom. The van der Waals surface area contributed by atoms with Crippen molar-refractivity contribution in [2.75, 3.05) is 9.96 Å². The predicted molar refractivity (Wildman–Crippen MR) is 232 cm³/mol. The van der Waals surface area contributed by atoms with Crippen molar-refractivity contribution in [3.8, 4) is 5.75 Å². The second-order valence-electron chi connectivity index (χ2n) is 12.9. The van der Waals surface area contributed by atoms with Crippen molar-refractivity contribution in [2.24, 2.45) is 0 Å². The minimum Gasteiger partial charge on any atom is -0.423 e. The monoisotopic (exact) mass is 734 g/mol. The van der Waals surface area contributed by atoms with E-state index in [0.29, 0.717) is 5.75 Å². The van der Waals surface area contributed by atoms with Crippen LogP contribution in [-0.2, 0) is 14.4 Å². The number of rotatable bonds is 14. The third-order valence-corrected chi connectivity index (χ3v) is 9.09. The van der Waals surface area contributed by atoms with Crippen molar-refractivity contribution in [3.05, 3.63) is 210 Å². The van der Waals surface area contributed by atoms with Gasteiger partial charge in [-0.15, -0.1) is 0 Å². The lowest BCUT2D eigenvalue weighted by atomic mass is 10.1. The SMILES string of the molecule is C=CC(=O)Oc1ccc(N(c2ccc(C=C)cc2)c2ccc(C=Cc3ccc(C=Cc4ccc(N(OC(=O)C=C)c5ccc(C)c(C)c5)cc4)cc3)cc2)cc1. The number of esters is 1. The molecule has 0 aromatic heterocycles. The third-order valence-electron chi connectivity index (χ3n) is 9.09. The van der Waals surface area contributed by atoms with Crippen molar-refractivity contribution >= 4 is 70.8 Å². The molecule has 6 heteroatoms. The van der Waals surface area contributed by atoms with Gasteiger partial charge in [0, 0.05) is 29.2 Å². The van der Waals surface area contributed by atoms with Gasteiger partial charge < -0.3 is 14.5 Å². The molecule has 0 spiro atoms. The van der Waals surface area contributed by atoms with E-state index in [1.807, 2.05) is 86.7 Å². The van der Waals surface area contributed by atoms with Crippen LogP contribution < -0.4 is 14.7 Å². The van der Waals surface area contributed by atoms with E-state index in [1.54, 1.807) is 12.1 Å². The number of carbonyl (C=O) groups is 2. The molecule has 0 atom stereocenters. The van der Waals surface area contributed by atoms with E-state index in [0.717, 1.165) is 79.5 Å². The lowest BCUT2D eigenvalue weighted by molar-refractivity contribution is -0.137. The van der Waals surface area contributed by atoms with Gasteiger partial charge in [-0.1, -0.05) is 117 Å². The summed E-state index contributed by atoms with van der Waals surface area (Å²) in [6.07, 6.45) is 12.4. The van der Waals surface area contributed by atoms with Crippen LogP contribution in [0.25, 0.3) is 30.4 Å². The molecule has 0 saturated carbocycles. The average molecular weight is 735 g/mol. The standard InChI is InChI=1S/C50H42N2O4/c1-6-38-18-25-43(26-19-38)51(45-31-33-48(34-32-45)55-49(53)7-2)44-27-20-41(21-28-44)16-14-39-10-12-40(13-11-39)15-17-42-22-29-46(30-23-42)52(56-50(54)8-3)47-24-9-36(4)37(5)35-47/h6-35H,1-3H2,4-5H3. The van der Waals surface area contributed by atoms with Gasteiger partial charge in [0.2, 0.25) is 0 Å². The molecule has 6 aromatic carbocycles. The Hall–Kier alpha value is -7.44. The quantitative estimate of drug-likeness (QED) is 0.0365. The number of ether oxygens (including phenoxy) is 1. The van der Waals surface area contributed by atoms with E-state index in [2.05, 4.69) is 110 Å². The molecule has 6 nitrogen and oxygen atoms in total. The fourth-order valence-electron chi connectivity index (χ4n) is 5.82. The Morgan fingerprint density at radius 1 is 0.464 bits per heavy atom. The van der Waals surface area contributed by atoms with E-state index in [9.17, 15) is 9.59 Å². The van der Waals surface area contributed by atoms with Gasteiger partial charge in [-0.2, -0.15) is 5.06 Å². The maximum Gasteiger partial charge on any atom is 0.355 e. The fourth-order valence-corrected chi connectivity index (χ4v) is 5.82. The molecule has 0 radical (unpaired) electrons. The molecule has 56 heavy (non-hydrogen) atoms. The first-order valence-corrected chi connectivity index (χ1v) is 18.1. The Labute approximate surface area is 328 Å². The molecule has 0 unspecified atom stereocenters. The van der Waals surface area contributed by atoms with Gasteiger partial charge in [0.25, 0.3) is 0 Å². The summed E-state index contributed by atoms with van der Waals surface area (Å²) in [5.74, 6) is -0.589. The van der Waals surface area contributed by atoms with Crippen LogP contribution >= 0.6 is 0 Å². The summed E-state index contributed by atoms with van der Waals surface area (Å²) in [6.45, 7) is 15.0. The summed E-state index contributed by atoms with van der Waals surface area (Å²) in [7, 11) is 0. The third kappa shape index (κ3) is 9.75. The highest BCUT2D eigenvalue weighted by Crippen LogP contribution is 2.36. The van der Waals surface area contributed by atoms with Gasteiger partial charge in [0.15, 0.2) is 0 Å². The van der Waals surface area contributed by atoms with Crippen molar-refractivity contribution in [2.45, 2.75) is 13.8 Å². The van der Waals surface area contributed by atoms with Crippen LogP contribution in [0.4, 0.5) is 28.4 Å². The number of hydrogen-bond acceptors (Lipinski definition) is 6. The zero-order valence-corrected chi connectivity index (χ0v) is 31.5. The maximum atomic E-state index is 12.1. The number of hydrogen-bond donors (Lipinski definition) is 0. The lowest BCUT2D eigenvalue weighted by Gasteiger charge is -2.26. The molecule has 0 amide bonds. The van der Waals surface area contributed by atoms with E-state index in [4.69, 9.17) is 9.57 Å². The normalized spacial score (nSPS) is 10.9. The molecule has 0 aliphatic rings. The summed E-state index contributed by atoms with van der Waals surface area (Å²) in [4.78, 5) is 31.6. The minimum atomic E-state index is -0.535. The van der Waals surface area contributed by atoms with E-state index < -0.39 is 11.9 Å². The molecular weight excluding hydrogens is 693 g/mol. The Kier molecular flexibility index (Phi) is 12.3. The lowest BCUT2D eigenvalue weighted by Crippen LogP contribution is -2.21. The van der Waals surface area contributed by atoms with Crippen molar-refractivity contribution in [1.29, 1.82) is 0 Å². The molecule has 0 N–H and O–H groups in total. The van der Waals surface area contributed by atoms with Gasteiger partial charge in [0.1, 0.15) is 5.75 Å². The number of nitrogens with zero attached hydrogens (tertiary/aromatic N) is 2. The smallest absolute Gasteiger partial charge is 0.355 e. The highest BCUT2D eigenvalue weighted by atomic mass is 16.7. The molecule has 276 valence electrons. The molecule has 0 fully saturated rings. The maximum absolute atomic E-state index is 12.1. The van der Waals surface area contributed by atoms with Gasteiger partial charge >= 0.3 is 11.9 Å². The first-order valence-electron chi connectivity index (χ1n) is 18.1. The number of anilines is 5. The van der Waals surface area contributed by atoms with Gasteiger partial charge in [0.05, 0.1) is 11.4 Å². The summed E-state index contributed by atoms with van der Waals surface area (Å²) >= 11 is 0.